The molecule has 0 bridgehead atoms. The van der Waals surface area contributed by atoms with Crippen molar-refractivity contribution in [1.29, 1.82) is 5.26 Å². The first kappa shape index (κ1) is 20.5. The number of hydrogen-bond donors (Lipinski definition) is 2. The largest absolute Gasteiger partial charge is 0.356 e. The van der Waals surface area contributed by atoms with E-state index in [4.69, 9.17) is 5.26 Å². The van der Waals surface area contributed by atoms with E-state index in [0.717, 1.165) is 45.4 Å². The quantitative estimate of drug-likeness (QED) is 0.223. The standard InChI is InChI=1S/C21H30N6/c1-23-21(25-18-22)24-12-7-4-8-13-27-14-11-20(17-27)16-26(2)15-19-9-5-3-6-10-19/h3,5-6,9-11,14,17H,4,7-8,12-13,15-16H2,1-2H3,(H2,23,24,25). The third kappa shape index (κ3) is 7.97. The highest BCUT2D eigenvalue weighted by atomic mass is 15.2. The molecule has 6 nitrogen and oxygen atoms in total. The minimum Gasteiger partial charge on any atom is -0.356 e. The molecule has 2 rings (SSSR count). The van der Waals surface area contributed by atoms with Gasteiger partial charge in [-0.25, -0.2) is 0 Å². The Morgan fingerprint density at radius 3 is 2.63 bits per heavy atom. The van der Waals surface area contributed by atoms with E-state index in [1.807, 2.05) is 6.19 Å². The molecule has 0 amide bonds. The molecule has 2 N–H and O–H groups in total. The maximum absolute atomic E-state index is 8.58. The SMILES string of the molecule is CN=C(NC#N)NCCCCCn1ccc(CN(C)Cc2ccccc2)c1. The summed E-state index contributed by atoms with van der Waals surface area (Å²) in [5.74, 6) is 0.534. The van der Waals surface area contributed by atoms with Gasteiger partial charge < -0.3 is 9.88 Å². The van der Waals surface area contributed by atoms with Crippen LogP contribution in [0.4, 0.5) is 0 Å². The number of unbranched alkanes of at least 4 members (excludes halogenated alkanes) is 2. The summed E-state index contributed by atoms with van der Waals surface area (Å²) in [6, 6.07) is 12.8. The molecule has 27 heavy (non-hydrogen) atoms. The van der Waals surface area contributed by atoms with E-state index in [1.165, 1.54) is 11.1 Å². The zero-order valence-corrected chi connectivity index (χ0v) is 16.4. The Morgan fingerprint density at radius 2 is 1.89 bits per heavy atom. The van der Waals surface area contributed by atoms with E-state index in [9.17, 15) is 0 Å². The summed E-state index contributed by atoms with van der Waals surface area (Å²) < 4.78 is 2.27. The lowest BCUT2D eigenvalue weighted by atomic mass is 10.2. The van der Waals surface area contributed by atoms with Gasteiger partial charge >= 0.3 is 0 Å². The van der Waals surface area contributed by atoms with E-state index in [1.54, 1.807) is 7.05 Å². The molecule has 1 heterocycles. The Morgan fingerprint density at radius 1 is 1.11 bits per heavy atom. The third-order valence-corrected chi connectivity index (χ3v) is 4.34. The normalized spacial score (nSPS) is 11.4. The van der Waals surface area contributed by atoms with Crippen LogP contribution in [-0.2, 0) is 19.6 Å². The van der Waals surface area contributed by atoms with Gasteiger partial charge in [0.1, 0.15) is 0 Å². The van der Waals surface area contributed by atoms with Gasteiger partial charge in [0.25, 0.3) is 0 Å². The zero-order valence-electron chi connectivity index (χ0n) is 16.4. The van der Waals surface area contributed by atoms with Crippen LogP contribution in [0.2, 0.25) is 0 Å². The molecule has 1 aromatic heterocycles. The molecule has 2 aromatic rings. The predicted octanol–water partition coefficient (Wildman–Crippen LogP) is 2.94. The van der Waals surface area contributed by atoms with Gasteiger partial charge in [0, 0.05) is 45.6 Å². The van der Waals surface area contributed by atoms with E-state index in [2.05, 4.69) is 80.9 Å². The van der Waals surface area contributed by atoms with Crippen LogP contribution in [0.1, 0.15) is 30.4 Å². The molecule has 0 atom stereocenters. The van der Waals surface area contributed by atoms with Crippen molar-refractivity contribution in [3.63, 3.8) is 0 Å². The second-order valence-corrected chi connectivity index (χ2v) is 6.71. The molecular weight excluding hydrogens is 336 g/mol. The molecule has 1 aromatic carbocycles. The average Bonchev–Trinajstić information content (AvgIpc) is 3.11. The summed E-state index contributed by atoms with van der Waals surface area (Å²) >= 11 is 0. The molecule has 0 saturated heterocycles. The summed E-state index contributed by atoms with van der Waals surface area (Å²) in [6.07, 6.45) is 9.62. The molecule has 0 saturated carbocycles. The van der Waals surface area contributed by atoms with Crippen molar-refractivity contribution < 1.29 is 0 Å². The number of benzene rings is 1. The van der Waals surface area contributed by atoms with Crippen molar-refractivity contribution in [1.82, 2.24) is 20.1 Å². The Hall–Kier alpha value is -2.78. The molecule has 0 fully saturated rings. The summed E-state index contributed by atoms with van der Waals surface area (Å²) in [5.41, 5.74) is 2.69. The lowest BCUT2D eigenvalue weighted by molar-refractivity contribution is 0.319. The van der Waals surface area contributed by atoms with Crippen LogP contribution in [0.25, 0.3) is 0 Å². The number of aryl methyl sites for hydroxylation is 1. The van der Waals surface area contributed by atoms with Gasteiger partial charge in [-0.2, -0.15) is 5.26 Å². The van der Waals surface area contributed by atoms with Gasteiger partial charge in [-0.05, 0) is 43.5 Å². The first-order chi connectivity index (χ1) is 13.2. The molecule has 0 spiro atoms. The van der Waals surface area contributed by atoms with Crippen LogP contribution in [0.15, 0.2) is 53.8 Å². The van der Waals surface area contributed by atoms with E-state index in [0.29, 0.717) is 5.96 Å². The molecule has 0 aliphatic heterocycles. The Labute approximate surface area is 162 Å². The third-order valence-electron chi connectivity index (χ3n) is 4.34. The van der Waals surface area contributed by atoms with Gasteiger partial charge in [-0.3, -0.25) is 15.2 Å². The van der Waals surface area contributed by atoms with Gasteiger partial charge in [-0.15, -0.1) is 0 Å². The maximum atomic E-state index is 8.58. The Balaban J connectivity index is 1.62. The highest BCUT2D eigenvalue weighted by Gasteiger charge is 2.03. The Kier molecular flexibility index (Phi) is 8.94. The molecule has 144 valence electrons. The lowest BCUT2D eigenvalue weighted by Gasteiger charge is -2.15. The minimum absolute atomic E-state index is 0.534. The highest BCUT2D eigenvalue weighted by Crippen LogP contribution is 2.10. The van der Waals surface area contributed by atoms with Crippen molar-refractivity contribution in [2.24, 2.45) is 4.99 Å². The average molecular weight is 367 g/mol. The van der Waals surface area contributed by atoms with Crippen LogP contribution >= 0.6 is 0 Å². The van der Waals surface area contributed by atoms with Crippen LogP contribution in [0.5, 0.6) is 0 Å². The second kappa shape index (κ2) is 11.8. The van der Waals surface area contributed by atoms with Gasteiger partial charge in [0.15, 0.2) is 6.19 Å². The van der Waals surface area contributed by atoms with E-state index in [-0.39, 0.29) is 0 Å². The molecule has 0 radical (unpaired) electrons. The monoisotopic (exact) mass is 366 g/mol. The maximum Gasteiger partial charge on any atom is 0.204 e. The van der Waals surface area contributed by atoms with Crippen LogP contribution in [-0.4, -0.2) is 36.1 Å². The fourth-order valence-electron chi connectivity index (χ4n) is 3.02. The lowest BCUT2D eigenvalue weighted by Crippen LogP contribution is -2.34. The zero-order chi connectivity index (χ0) is 19.3. The van der Waals surface area contributed by atoms with Crippen LogP contribution in [0, 0.1) is 11.5 Å². The smallest absolute Gasteiger partial charge is 0.204 e. The number of guanidine groups is 1. The molecule has 0 aliphatic carbocycles. The highest BCUT2D eigenvalue weighted by molar-refractivity contribution is 5.80. The summed E-state index contributed by atoms with van der Waals surface area (Å²) in [7, 11) is 3.82. The van der Waals surface area contributed by atoms with Crippen LogP contribution in [0.3, 0.4) is 0 Å². The van der Waals surface area contributed by atoms with Crippen LogP contribution < -0.4 is 10.6 Å². The molecular formula is C21H30N6. The predicted molar refractivity (Wildman–Crippen MR) is 110 cm³/mol. The van der Waals surface area contributed by atoms with E-state index < -0.39 is 0 Å². The van der Waals surface area contributed by atoms with Crippen molar-refractivity contribution in [3.8, 4) is 6.19 Å². The first-order valence-corrected chi connectivity index (χ1v) is 9.44. The van der Waals surface area contributed by atoms with Crippen molar-refractivity contribution >= 4 is 5.96 Å². The van der Waals surface area contributed by atoms with Gasteiger partial charge in [0.2, 0.25) is 5.96 Å². The summed E-state index contributed by atoms with van der Waals surface area (Å²) in [6.45, 7) is 3.77. The second-order valence-electron chi connectivity index (χ2n) is 6.71. The fraction of sp³-hybridized carbons (Fsp3) is 0.429. The Bertz CT molecular complexity index is 729. The van der Waals surface area contributed by atoms with E-state index >= 15 is 0 Å². The summed E-state index contributed by atoms with van der Waals surface area (Å²) in [5, 5.41) is 14.2. The van der Waals surface area contributed by atoms with Gasteiger partial charge in [-0.1, -0.05) is 30.3 Å². The summed E-state index contributed by atoms with van der Waals surface area (Å²) in [4.78, 5) is 6.30. The molecule has 0 aliphatic rings. The number of nitriles is 1. The molecule has 6 heteroatoms. The topological polar surface area (TPSA) is 68.4 Å². The van der Waals surface area contributed by atoms with Gasteiger partial charge in [0.05, 0.1) is 0 Å². The van der Waals surface area contributed by atoms with Crippen molar-refractivity contribution in [2.75, 3.05) is 20.6 Å². The number of nitrogens with zero attached hydrogens (tertiary/aromatic N) is 4. The minimum atomic E-state index is 0.534. The first-order valence-electron chi connectivity index (χ1n) is 9.44. The number of aliphatic imine (C=N–C) groups is 1. The number of rotatable bonds is 10. The van der Waals surface area contributed by atoms with Crippen molar-refractivity contribution in [2.45, 2.75) is 38.9 Å². The van der Waals surface area contributed by atoms with Crippen molar-refractivity contribution in [3.05, 3.63) is 59.9 Å². The molecule has 0 unspecified atom stereocenters. The number of nitrogens with one attached hydrogen (secondary N) is 2. The number of hydrogen-bond acceptors (Lipinski definition) is 3. The number of aromatic nitrogens is 1. The fourth-order valence-corrected chi connectivity index (χ4v) is 3.02.